The Hall–Kier alpha value is -2.05. The molecule has 1 fully saturated rings. The molecule has 0 spiro atoms. The number of oxazole rings is 1. The monoisotopic (exact) mass is 387 g/mol. The smallest absolute Gasteiger partial charge is 0.406 e. The Morgan fingerprint density at radius 1 is 1.08 bits per heavy atom. The molecular weight excluding hydrogens is 370 g/mol. The fraction of sp³-hybridized carbons (Fsp3) is 0.278. The van der Waals surface area contributed by atoms with E-state index in [9.17, 15) is 4.79 Å². The van der Waals surface area contributed by atoms with Crippen molar-refractivity contribution >= 4 is 32.7 Å². The van der Waals surface area contributed by atoms with E-state index in [1.165, 1.54) is 5.56 Å². The zero-order chi connectivity index (χ0) is 16.5. The van der Waals surface area contributed by atoms with Gasteiger partial charge in [-0.05, 0) is 29.8 Å². The van der Waals surface area contributed by atoms with E-state index in [4.69, 9.17) is 4.42 Å². The minimum Gasteiger partial charge on any atom is -0.406 e. The zero-order valence-electron chi connectivity index (χ0n) is 13.2. The quantitative estimate of drug-likeness (QED) is 0.749. The van der Waals surface area contributed by atoms with E-state index in [0.29, 0.717) is 5.58 Å². The van der Waals surface area contributed by atoms with Crippen LogP contribution in [0.15, 0.2) is 56.1 Å². The molecule has 1 N–H and O–H groups in total. The summed E-state index contributed by atoms with van der Waals surface area (Å²) in [4.78, 5) is 18.9. The van der Waals surface area contributed by atoms with Crippen LogP contribution < -0.4 is 10.7 Å². The Bertz CT molecular complexity index is 910. The molecule has 0 saturated carbocycles. The Morgan fingerprint density at radius 2 is 1.88 bits per heavy atom. The summed E-state index contributed by atoms with van der Waals surface area (Å²) in [6.45, 7) is 4.76. The minimum atomic E-state index is -0.397. The summed E-state index contributed by atoms with van der Waals surface area (Å²) < 4.78 is 6.43. The molecule has 0 bridgehead atoms. The molecule has 2 aromatic carbocycles. The molecule has 0 aliphatic carbocycles. The number of nitrogens with one attached hydrogen (secondary N) is 1. The van der Waals surface area contributed by atoms with Gasteiger partial charge in [-0.2, -0.15) is 0 Å². The van der Waals surface area contributed by atoms with Gasteiger partial charge in [-0.25, -0.2) is 4.79 Å². The molecule has 0 amide bonds. The summed E-state index contributed by atoms with van der Waals surface area (Å²) in [5, 5.41) is 0. The molecule has 1 aromatic heterocycles. The van der Waals surface area contributed by atoms with Crippen molar-refractivity contribution in [2.75, 3.05) is 31.1 Å². The number of H-pyrrole nitrogens is 1. The van der Waals surface area contributed by atoms with Crippen molar-refractivity contribution in [3.63, 3.8) is 0 Å². The fourth-order valence-electron chi connectivity index (χ4n) is 3.25. The van der Waals surface area contributed by atoms with Crippen LogP contribution in [0.5, 0.6) is 0 Å². The highest BCUT2D eigenvalue weighted by molar-refractivity contribution is 9.10. The highest BCUT2D eigenvalue weighted by Gasteiger charge is 2.20. The first kappa shape index (κ1) is 15.5. The largest absolute Gasteiger partial charge is 0.417 e. The first-order chi connectivity index (χ1) is 11.7. The molecule has 2 heterocycles. The number of benzene rings is 2. The lowest BCUT2D eigenvalue weighted by Crippen LogP contribution is -2.46. The fourth-order valence-corrected chi connectivity index (χ4v) is 3.69. The number of aromatic amines is 1. The Morgan fingerprint density at radius 3 is 2.67 bits per heavy atom. The highest BCUT2D eigenvalue weighted by atomic mass is 79.9. The van der Waals surface area contributed by atoms with Crippen LogP contribution in [-0.4, -0.2) is 36.1 Å². The molecule has 5 nitrogen and oxygen atoms in total. The number of fused-ring (bicyclic) bond motifs is 1. The maximum Gasteiger partial charge on any atom is 0.417 e. The molecule has 0 radical (unpaired) electrons. The van der Waals surface area contributed by atoms with Gasteiger partial charge in [0.2, 0.25) is 0 Å². The molecule has 1 aliphatic heterocycles. The number of aromatic nitrogens is 1. The maximum absolute atomic E-state index is 11.5. The van der Waals surface area contributed by atoms with Gasteiger partial charge in [-0.15, -0.1) is 0 Å². The molecule has 6 heteroatoms. The molecule has 3 aromatic rings. The van der Waals surface area contributed by atoms with Gasteiger partial charge in [0.25, 0.3) is 0 Å². The summed E-state index contributed by atoms with van der Waals surface area (Å²) >= 11 is 3.53. The lowest BCUT2D eigenvalue weighted by molar-refractivity contribution is 0.250. The van der Waals surface area contributed by atoms with Crippen molar-refractivity contribution in [2.45, 2.75) is 6.54 Å². The number of hydrogen-bond donors (Lipinski definition) is 1. The van der Waals surface area contributed by atoms with Gasteiger partial charge in [0, 0.05) is 37.2 Å². The first-order valence-corrected chi connectivity index (χ1v) is 8.82. The number of anilines is 1. The highest BCUT2D eigenvalue weighted by Crippen LogP contribution is 2.26. The van der Waals surface area contributed by atoms with E-state index >= 15 is 0 Å². The average molecular weight is 388 g/mol. The van der Waals surface area contributed by atoms with Crippen molar-refractivity contribution in [1.82, 2.24) is 9.88 Å². The van der Waals surface area contributed by atoms with E-state index < -0.39 is 5.76 Å². The van der Waals surface area contributed by atoms with Gasteiger partial charge in [0.15, 0.2) is 5.58 Å². The number of piperazine rings is 1. The first-order valence-electron chi connectivity index (χ1n) is 8.03. The van der Waals surface area contributed by atoms with Crippen LogP contribution in [0.3, 0.4) is 0 Å². The third kappa shape index (κ3) is 3.12. The SMILES string of the molecule is O=c1[nH]c2cccc(N3CCN(Cc4cccc(Br)c4)CC3)c2o1. The van der Waals surface area contributed by atoms with Crippen molar-refractivity contribution in [3.05, 3.63) is 63.1 Å². The molecule has 4 rings (SSSR count). The van der Waals surface area contributed by atoms with Crippen LogP contribution >= 0.6 is 15.9 Å². The molecule has 0 atom stereocenters. The molecule has 0 unspecified atom stereocenters. The van der Waals surface area contributed by atoms with Crippen LogP contribution in [0, 0.1) is 0 Å². The van der Waals surface area contributed by atoms with Crippen LogP contribution in [0.25, 0.3) is 11.1 Å². The standard InChI is InChI=1S/C18H18BrN3O2/c19-14-4-1-3-13(11-14)12-21-7-9-22(10-8-21)16-6-2-5-15-17(16)24-18(23)20-15/h1-6,11H,7-10,12H2,(H,20,23). The Kier molecular flexibility index (Phi) is 4.16. The van der Waals surface area contributed by atoms with Crippen molar-refractivity contribution in [2.24, 2.45) is 0 Å². The van der Waals surface area contributed by atoms with Gasteiger partial charge in [0.05, 0.1) is 11.2 Å². The molecular formula is C18H18BrN3O2. The number of halogens is 1. The van der Waals surface area contributed by atoms with E-state index in [1.54, 1.807) is 0 Å². The zero-order valence-corrected chi connectivity index (χ0v) is 14.8. The van der Waals surface area contributed by atoms with E-state index in [2.05, 4.69) is 48.9 Å². The van der Waals surface area contributed by atoms with Crippen LogP contribution in [0.1, 0.15) is 5.56 Å². The van der Waals surface area contributed by atoms with Gasteiger partial charge in [0.1, 0.15) is 0 Å². The lowest BCUT2D eigenvalue weighted by Gasteiger charge is -2.36. The summed E-state index contributed by atoms with van der Waals surface area (Å²) in [5.74, 6) is -0.397. The van der Waals surface area contributed by atoms with Crippen LogP contribution in [-0.2, 0) is 6.54 Å². The number of para-hydroxylation sites is 1. The average Bonchev–Trinajstić information content (AvgIpc) is 2.96. The Balaban J connectivity index is 1.46. The number of rotatable bonds is 3. The summed E-state index contributed by atoms with van der Waals surface area (Å²) in [6, 6.07) is 14.3. The number of nitrogens with zero attached hydrogens (tertiary/aromatic N) is 2. The van der Waals surface area contributed by atoms with Crippen molar-refractivity contribution in [1.29, 1.82) is 0 Å². The second kappa shape index (κ2) is 6.45. The predicted molar refractivity (Wildman–Crippen MR) is 98.5 cm³/mol. The van der Waals surface area contributed by atoms with E-state index in [0.717, 1.165) is 48.4 Å². The topological polar surface area (TPSA) is 52.5 Å². The maximum atomic E-state index is 11.5. The second-order valence-corrected chi connectivity index (χ2v) is 6.98. The third-order valence-corrected chi connectivity index (χ3v) is 4.93. The van der Waals surface area contributed by atoms with Crippen molar-refractivity contribution in [3.8, 4) is 0 Å². The van der Waals surface area contributed by atoms with Gasteiger partial charge >= 0.3 is 5.76 Å². The summed E-state index contributed by atoms with van der Waals surface area (Å²) in [5.41, 5.74) is 3.72. The van der Waals surface area contributed by atoms with Crippen molar-refractivity contribution < 1.29 is 4.42 Å². The second-order valence-electron chi connectivity index (χ2n) is 6.06. The summed E-state index contributed by atoms with van der Waals surface area (Å²) in [6.07, 6.45) is 0. The molecule has 124 valence electrons. The lowest BCUT2D eigenvalue weighted by atomic mass is 10.2. The van der Waals surface area contributed by atoms with Gasteiger partial charge in [-0.3, -0.25) is 9.88 Å². The third-order valence-electron chi connectivity index (χ3n) is 4.43. The molecule has 1 aliphatic rings. The Labute approximate surface area is 148 Å². The van der Waals surface area contributed by atoms with Gasteiger partial charge in [-0.1, -0.05) is 34.1 Å². The normalized spacial score (nSPS) is 16.0. The molecule has 24 heavy (non-hydrogen) atoms. The number of hydrogen-bond acceptors (Lipinski definition) is 4. The van der Waals surface area contributed by atoms with Gasteiger partial charge < -0.3 is 9.32 Å². The van der Waals surface area contributed by atoms with E-state index in [-0.39, 0.29) is 0 Å². The summed E-state index contributed by atoms with van der Waals surface area (Å²) in [7, 11) is 0. The van der Waals surface area contributed by atoms with Crippen LogP contribution in [0.2, 0.25) is 0 Å². The van der Waals surface area contributed by atoms with E-state index in [1.807, 2.05) is 24.3 Å². The van der Waals surface area contributed by atoms with Crippen LogP contribution in [0.4, 0.5) is 5.69 Å². The molecule has 1 saturated heterocycles. The predicted octanol–water partition coefficient (Wildman–Crippen LogP) is 3.21. The minimum absolute atomic E-state index is 0.397.